The minimum absolute atomic E-state index is 0.169. The average molecular weight is 334 g/mol. The van der Waals surface area contributed by atoms with E-state index in [4.69, 9.17) is 0 Å². The van der Waals surface area contributed by atoms with Gasteiger partial charge in [-0.25, -0.2) is 0 Å². The van der Waals surface area contributed by atoms with Crippen molar-refractivity contribution in [3.8, 4) is 0 Å². The number of carbonyl (C=O) groups excluding carboxylic acids is 1. The molecule has 2 saturated carbocycles. The standard InChI is InChI=1S/C22H39NO/c1-5-17(3)20(19-12-8-7-9-13-19)23-21(24)22(4)15-10-11-18(6-2)14-16-22/h18-19H,5-16H2,1-4H3,(H,23,24)/b20-17+. The van der Waals surface area contributed by atoms with Crippen LogP contribution in [0.4, 0.5) is 0 Å². The van der Waals surface area contributed by atoms with E-state index in [1.807, 2.05) is 0 Å². The molecule has 2 rings (SSSR count). The van der Waals surface area contributed by atoms with Gasteiger partial charge in [0.05, 0.1) is 0 Å². The van der Waals surface area contributed by atoms with Crippen molar-refractivity contribution in [2.45, 2.75) is 105 Å². The highest BCUT2D eigenvalue weighted by Crippen LogP contribution is 2.39. The first kappa shape index (κ1) is 19.5. The van der Waals surface area contributed by atoms with Crippen LogP contribution in [-0.2, 0) is 4.79 Å². The van der Waals surface area contributed by atoms with Gasteiger partial charge in [-0.05, 0) is 57.3 Å². The number of amides is 1. The summed E-state index contributed by atoms with van der Waals surface area (Å²) in [6.07, 6.45) is 14.6. The van der Waals surface area contributed by atoms with E-state index in [9.17, 15) is 4.79 Å². The number of carbonyl (C=O) groups is 1. The van der Waals surface area contributed by atoms with Crippen molar-refractivity contribution >= 4 is 5.91 Å². The van der Waals surface area contributed by atoms with Gasteiger partial charge in [-0.2, -0.15) is 0 Å². The largest absolute Gasteiger partial charge is 0.329 e. The number of hydrogen-bond donors (Lipinski definition) is 1. The van der Waals surface area contributed by atoms with Gasteiger partial charge in [0.15, 0.2) is 0 Å². The van der Waals surface area contributed by atoms with Gasteiger partial charge in [-0.3, -0.25) is 4.79 Å². The molecule has 2 fully saturated rings. The Hall–Kier alpha value is -0.790. The maximum atomic E-state index is 13.2. The minimum Gasteiger partial charge on any atom is -0.329 e. The SMILES string of the molecule is CC/C(C)=C(/NC(=O)C1(C)CCCC(CC)CC1)C1CCCCC1. The van der Waals surface area contributed by atoms with E-state index in [-0.39, 0.29) is 5.41 Å². The monoisotopic (exact) mass is 333 g/mol. The smallest absolute Gasteiger partial charge is 0.230 e. The molecule has 2 aliphatic rings. The van der Waals surface area contributed by atoms with E-state index in [0.717, 1.165) is 25.2 Å². The zero-order valence-electron chi connectivity index (χ0n) is 16.5. The molecule has 0 spiro atoms. The molecule has 0 bridgehead atoms. The zero-order chi connectivity index (χ0) is 17.6. The van der Waals surface area contributed by atoms with E-state index in [1.165, 1.54) is 69.1 Å². The van der Waals surface area contributed by atoms with Gasteiger partial charge in [0.25, 0.3) is 0 Å². The van der Waals surface area contributed by atoms with Crippen LogP contribution in [0.2, 0.25) is 0 Å². The summed E-state index contributed by atoms with van der Waals surface area (Å²) in [6.45, 7) is 8.93. The zero-order valence-corrected chi connectivity index (χ0v) is 16.5. The highest BCUT2D eigenvalue weighted by atomic mass is 16.2. The summed E-state index contributed by atoms with van der Waals surface area (Å²) in [7, 11) is 0. The van der Waals surface area contributed by atoms with Gasteiger partial charge in [0, 0.05) is 11.1 Å². The number of allylic oxidation sites excluding steroid dienone is 2. The van der Waals surface area contributed by atoms with E-state index >= 15 is 0 Å². The molecule has 0 heterocycles. The maximum Gasteiger partial charge on any atom is 0.230 e. The first-order chi connectivity index (χ1) is 11.5. The van der Waals surface area contributed by atoms with Gasteiger partial charge >= 0.3 is 0 Å². The molecule has 2 heteroatoms. The predicted molar refractivity (Wildman–Crippen MR) is 103 cm³/mol. The van der Waals surface area contributed by atoms with Crippen molar-refractivity contribution in [3.05, 3.63) is 11.3 Å². The van der Waals surface area contributed by atoms with Gasteiger partial charge in [0.2, 0.25) is 5.91 Å². The molecule has 0 aliphatic heterocycles. The highest BCUT2D eigenvalue weighted by molar-refractivity contribution is 5.84. The molecule has 1 amide bonds. The summed E-state index contributed by atoms with van der Waals surface area (Å²) in [5, 5.41) is 3.45. The van der Waals surface area contributed by atoms with Crippen LogP contribution in [0.3, 0.4) is 0 Å². The summed E-state index contributed by atoms with van der Waals surface area (Å²) in [5.74, 6) is 1.71. The summed E-state index contributed by atoms with van der Waals surface area (Å²) >= 11 is 0. The Bertz CT molecular complexity index is 447. The van der Waals surface area contributed by atoms with E-state index in [2.05, 4.69) is 33.0 Å². The molecule has 24 heavy (non-hydrogen) atoms. The fraction of sp³-hybridized carbons (Fsp3) is 0.864. The van der Waals surface area contributed by atoms with Crippen molar-refractivity contribution in [2.24, 2.45) is 17.3 Å². The maximum absolute atomic E-state index is 13.2. The molecular formula is C22H39NO. The van der Waals surface area contributed by atoms with Crippen LogP contribution in [-0.4, -0.2) is 5.91 Å². The molecule has 1 N–H and O–H groups in total. The molecule has 0 aromatic heterocycles. The second-order valence-corrected chi connectivity index (χ2v) is 8.60. The van der Waals surface area contributed by atoms with Crippen molar-refractivity contribution in [1.29, 1.82) is 0 Å². The Morgan fingerprint density at radius 3 is 2.33 bits per heavy atom. The molecule has 2 unspecified atom stereocenters. The molecule has 0 aromatic rings. The van der Waals surface area contributed by atoms with Crippen LogP contribution in [0.1, 0.15) is 105 Å². The summed E-state index contributed by atoms with van der Waals surface area (Å²) in [6, 6.07) is 0. The van der Waals surface area contributed by atoms with Crippen molar-refractivity contribution in [3.63, 3.8) is 0 Å². The topological polar surface area (TPSA) is 29.1 Å². The minimum atomic E-state index is -0.169. The van der Waals surface area contributed by atoms with Crippen LogP contribution in [0.5, 0.6) is 0 Å². The van der Waals surface area contributed by atoms with E-state index < -0.39 is 0 Å². The fourth-order valence-electron chi connectivity index (χ4n) is 4.62. The van der Waals surface area contributed by atoms with Gasteiger partial charge in [0.1, 0.15) is 0 Å². The number of rotatable bonds is 5. The van der Waals surface area contributed by atoms with Crippen LogP contribution in [0.25, 0.3) is 0 Å². The first-order valence-electron chi connectivity index (χ1n) is 10.5. The van der Waals surface area contributed by atoms with Crippen LogP contribution < -0.4 is 5.32 Å². The molecular weight excluding hydrogens is 294 g/mol. The number of hydrogen-bond acceptors (Lipinski definition) is 1. The molecule has 0 aromatic carbocycles. The summed E-state index contributed by atoms with van der Waals surface area (Å²) in [5.41, 5.74) is 2.50. The molecule has 2 nitrogen and oxygen atoms in total. The summed E-state index contributed by atoms with van der Waals surface area (Å²) in [4.78, 5) is 13.2. The third-order valence-electron chi connectivity index (χ3n) is 6.82. The van der Waals surface area contributed by atoms with Crippen molar-refractivity contribution < 1.29 is 4.79 Å². The molecule has 138 valence electrons. The van der Waals surface area contributed by atoms with Gasteiger partial charge < -0.3 is 5.32 Å². The normalized spacial score (nSPS) is 30.4. The van der Waals surface area contributed by atoms with Crippen LogP contribution >= 0.6 is 0 Å². The lowest BCUT2D eigenvalue weighted by molar-refractivity contribution is -0.130. The van der Waals surface area contributed by atoms with E-state index in [1.54, 1.807) is 0 Å². The third kappa shape index (κ3) is 4.86. The Labute approximate surface area is 149 Å². The van der Waals surface area contributed by atoms with Crippen LogP contribution in [0, 0.1) is 17.3 Å². The third-order valence-corrected chi connectivity index (χ3v) is 6.82. The Morgan fingerprint density at radius 1 is 1.00 bits per heavy atom. The van der Waals surface area contributed by atoms with Crippen molar-refractivity contribution in [2.75, 3.05) is 0 Å². The second-order valence-electron chi connectivity index (χ2n) is 8.60. The molecule has 2 atom stereocenters. The quantitative estimate of drug-likeness (QED) is 0.582. The molecule has 0 saturated heterocycles. The molecule has 0 radical (unpaired) electrons. The first-order valence-corrected chi connectivity index (χ1v) is 10.5. The van der Waals surface area contributed by atoms with E-state index in [0.29, 0.717) is 11.8 Å². The highest BCUT2D eigenvalue weighted by Gasteiger charge is 2.36. The average Bonchev–Trinajstić information content (AvgIpc) is 2.82. The second kappa shape index (κ2) is 9.06. The fourth-order valence-corrected chi connectivity index (χ4v) is 4.62. The predicted octanol–water partition coefficient (Wildman–Crippen LogP) is 6.36. The molecule has 2 aliphatic carbocycles. The Balaban J connectivity index is 2.09. The Morgan fingerprint density at radius 2 is 1.71 bits per heavy atom. The Kier molecular flexibility index (Phi) is 7.37. The van der Waals surface area contributed by atoms with Crippen LogP contribution in [0.15, 0.2) is 11.3 Å². The lowest BCUT2D eigenvalue weighted by Crippen LogP contribution is -2.40. The van der Waals surface area contributed by atoms with Gasteiger partial charge in [-0.1, -0.05) is 64.9 Å². The lowest BCUT2D eigenvalue weighted by atomic mass is 9.80. The van der Waals surface area contributed by atoms with Gasteiger partial charge in [-0.15, -0.1) is 0 Å². The summed E-state index contributed by atoms with van der Waals surface area (Å²) < 4.78 is 0. The number of nitrogens with one attached hydrogen (secondary N) is 1. The van der Waals surface area contributed by atoms with Crippen molar-refractivity contribution in [1.82, 2.24) is 5.32 Å². The lowest BCUT2D eigenvalue weighted by Gasteiger charge is -2.32.